The molecule has 3 aliphatic rings. The fraction of sp³-hybridized carbons (Fsp3) is 0.346. The highest BCUT2D eigenvalue weighted by atomic mass is 19.1. The summed E-state index contributed by atoms with van der Waals surface area (Å²) in [5.74, 6) is -5.65. The van der Waals surface area contributed by atoms with E-state index in [1.165, 1.54) is 29.2 Å². The van der Waals surface area contributed by atoms with Gasteiger partial charge in [-0.15, -0.1) is 0 Å². The molecule has 1 fully saturated rings. The molecule has 182 valence electrons. The third-order valence-corrected chi connectivity index (χ3v) is 6.77. The lowest BCUT2D eigenvalue weighted by molar-refractivity contribution is -0.275. The van der Waals surface area contributed by atoms with Crippen LogP contribution in [0.1, 0.15) is 34.3 Å². The van der Waals surface area contributed by atoms with Crippen LogP contribution in [0.3, 0.4) is 0 Å². The number of halogens is 2. The van der Waals surface area contributed by atoms with Gasteiger partial charge in [-0.05, 0) is 68.1 Å². The van der Waals surface area contributed by atoms with Crippen LogP contribution in [0, 0.1) is 17.6 Å². The van der Waals surface area contributed by atoms with E-state index < -0.39 is 29.6 Å². The molecule has 2 aromatic rings. The van der Waals surface area contributed by atoms with Gasteiger partial charge in [0, 0.05) is 25.2 Å². The summed E-state index contributed by atoms with van der Waals surface area (Å²) in [6.45, 7) is 2.52. The number of ether oxygens (including phenoxy) is 2. The van der Waals surface area contributed by atoms with Gasteiger partial charge in [-0.2, -0.15) is 0 Å². The molecule has 35 heavy (non-hydrogen) atoms. The second kappa shape index (κ2) is 9.22. The molecule has 3 aliphatic heterocycles. The highest BCUT2D eigenvalue weighted by Crippen LogP contribution is 2.44. The lowest BCUT2D eigenvalue weighted by Gasteiger charge is -2.39. The van der Waals surface area contributed by atoms with Crippen LogP contribution >= 0.6 is 0 Å². The number of hydrogen-bond donors (Lipinski definition) is 0. The second-order valence-electron chi connectivity index (χ2n) is 9.00. The van der Waals surface area contributed by atoms with Gasteiger partial charge in [-0.3, -0.25) is 9.69 Å². The SMILES string of the molecule is O=C1C=CC(=O)OC2(O1)c1c(F)cccc1C(=O)N2CC1CCN(CCc2ccc(F)cc2)CC1. The first kappa shape index (κ1) is 23.2. The molecule has 0 aliphatic carbocycles. The number of benzene rings is 2. The number of esters is 2. The van der Waals surface area contributed by atoms with Gasteiger partial charge in [0.25, 0.3) is 5.91 Å². The summed E-state index contributed by atoms with van der Waals surface area (Å²) in [6, 6.07) is 10.4. The molecule has 1 amide bonds. The molecule has 0 atom stereocenters. The average Bonchev–Trinajstić information content (AvgIpc) is 2.96. The zero-order valence-corrected chi connectivity index (χ0v) is 18.9. The van der Waals surface area contributed by atoms with Crippen molar-refractivity contribution in [3.63, 3.8) is 0 Å². The third kappa shape index (κ3) is 4.43. The van der Waals surface area contributed by atoms with Crippen LogP contribution in [0.2, 0.25) is 0 Å². The predicted octanol–water partition coefficient (Wildman–Crippen LogP) is 3.14. The minimum absolute atomic E-state index is 0.00392. The fourth-order valence-electron chi connectivity index (χ4n) is 4.94. The van der Waals surface area contributed by atoms with Crippen molar-refractivity contribution in [2.45, 2.75) is 25.2 Å². The molecule has 1 spiro atoms. The number of fused-ring (bicyclic) bond motifs is 2. The van der Waals surface area contributed by atoms with Gasteiger partial charge in [0.15, 0.2) is 0 Å². The Morgan fingerprint density at radius 1 is 0.914 bits per heavy atom. The van der Waals surface area contributed by atoms with E-state index in [1.807, 2.05) is 0 Å². The number of nitrogens with zero attached hydrogens (tertiary/aromatic N) is 2. The van der Waals surface area contributed by atoms with Gasteiger partial charge in [-0.25, -0.2) is 18.4 Å². The number of carbonyl (C=O) groups is 3. The lowest BCUT2D eigenvalue weighted by atomic mass is 9.95. The Hall–Kier alpha value is -3.59. The molecule has 0 aromatic heterocycles. The summed E-state index contributed by atoms with van der Waals surface area (Å²) in [4.78, 5) is 41.3. The highest BCUT2D eigenvalue weighted by molar-refractivity contribution is 6.01. The van der Waals surface area contributed by atoms with E-state index in [-0.39, 0.29) is 29.4 Å². The predicted molar refractivity (Wildman–Crippen MR) is 120 cm³/mol. The molecule has 0 N–H and O–H groups in total. The first-order chi connectivity index (χ1) is 16.9. The number of likely N-dealkylation sites (tertiary alicyclic amines) is 1. The smallest absolute Gasteiger partial charge is 0.378 e. The van der Waals surface area contributed by atoms with E-state index in [0.717, 1.165) is 62.7 Å². The molecule has 0 saturated carbocycles. The van der Waals surface area contributed by atoms with Crippen molar-refractivity contribution >= 4 is 17.8 Å². The normalized spacial score (nSPS) is 20.1. The first-order valence-corrected chi connectivity index (χ1v) is 11.6. The summed E-state index contributed by atoms with van der Waals surface area (Å²) >= 11 is 0. The van der Waals surface area contributed by atoms with Gasteiger partial charge < -0.3 is 14.4 Å². The van der Waals surface area contributed by atoms with Crippen molar-refractivity contribution in [2.24, 2.45) is 5.92 Å². The Kier molecular flexibility index (Phi) is 6.10. The van der Waals surface area contributed by atoms with Crippen molar-refractivity contribution in [1.82, 2.24) is 9.80 Å². The van der Waals surface area contributed by atoms with E-state index in [9.17, 15) is 23.2 Å². The van der Waals surface area contributed by atoms with E-state index in [2.05, 4.69) is 4.90 Å². The van der Waals surface area contributed by atoms with E-state index >= 15 is 0 Å². The molecular weight excluding hydrogens is 458 g/mol. The summed E-state index contributed by atoms with van der Waals surface area (Å²) in [7, 11) is 0. The maximum absolute atomic E-state index is 14.9. The van der Waals surface area contributed by atoms with Crippen LogP contribution in [-0.2, 0) is 31.4 Å². The zero-order chi connectivity index (χ0) is 24.6. The van der Waals surface area contributed by atoms with Gasteiger partial charge in [0.05, 0.1) is 5.56 Å². The summed E-state index contributed by atoms with van der Waals surface area (Å²) in [5.41, 5.74) is 0.805. The Bertz CT molecular complexity index is 1170. The van der Waals surface area contributed by atoms with Crippen LogP contribution in [0.25, 0.3) is 0 Å². The van der Waals surface area contributed by atoms with Gasteiger partial charge in [-0.1, -0.05) is 18.2 Å². The molecule has 5 rings (SSSR count). The third-order valence-electron chi connectivity index (χ3n) is 6.77. The summed E-state index contributed by atoms with van der Waals surface area (Å²) in [6.07, 6.45) is 4.10. The van der Waals surface area contributed by atoms with Gasteiger partial charge in [0.2, 0.25) is 0 Å². The molecule has 7 nitrogen and oxygen atoms in total. The quantitative estimate of drug-likeness (QED) is 0.610. The number of amides is 1. The molecule has 2 aromatic carbocycles. The van der Waals surface area contributed by atoms with Crippen molar-refractivity contribution in [3.8, 4) is 0 Å². The number of hydrogen-bond acceptors (Lipinski definition) is 6. The topological polar surface area (TPSA) is 76.2 Å². The lowest BCUT2D eigenvalue weighted by Crippen LogP contribution is -2.52. The fourth-order valence-corrected chi connectivity index (χ4v) is 4.94. The molecule has 0 bridgehead atoms. The zero-order valence-electron chi connectivity index (χ0n) is 18.9. The Morgan fingerprint density at radius 2 is 1.57 bits per heavy atom. The first-order valence-electron chi connectivity index (χ1n) is 11.6. The second-order valence-corrected chi connectivity index (χ2v) is 9.00. The minimum Gasteiger partial charge on any atom is -0.396 e. The molecular formula is C26H24F2N2O5. The van der Waals surface area contributed by atoms with Crippen LogP contribution in [0.4, 0.5) is 8.78 Å². The van der Waals surface area contributed by atoms with Crippen LogP contribution in [-0.4, -0.2) is 53.8 Å². The average molecular weight is 482 g/mol. The number of rotatable bonds is 5. The Balaban J connectivity index is 1.30. The minimum atomic E-state index is -2.27. The maximum atomic E-state index is 14.9. The van der Waals surface area contributed by atoms with E-state index in [4.69, 9.17) is 9.47 Å². The van der Waals surface area contributed by atoms with Crippen LogP contribution < -0.4 is 0 Å². The summed E-state index contributed by atoms with van der Waals surface area (Å²) in [5, 5.41) is 0. The van der Waals surface area contributed by atoms with Crippen LogP contribution in [0.5, 0.6) is 0 Å². The number of carbonyl (C=O) groups excluding carboxylic acids is 3. The van der Waals surface area contributed by atoms with E-state index in [0.29, 0.717) is 0 Å². The molecule has 1 saturated heterocycles. The van der Waals surface area contributed by atoms with Gasteiger partial charge >= 0.3 is 17.8 Å². The Morgan fingerprint density at radius 3 is 2.23 bits per heavy atom. The summed E-state index contributed by atoms with van der Waals surface area (Å²) < 4.78 is 38.9. The van der Waals surface area contributed by atoms with Gasteiger partial charge in [0.1, 0.15) is 17.2 Å². The molecule has 0 unspecified atom stereocenters. The van der Waals surface area contributed by atoms with Crippen molar-refractivity contribution in [2.75, 3.05) is 26.2 Å². The highest BCUT2D eigenvalue weighted by Gasteiger charge is 2.59. The largest absolute Gasteiger partial charge is 0.396 e. The molecule has 0 radical (unpaired) electrons. The van der Waals surface area contributed by atoms with Crippen molar-refractivity contribution < 1.29 is 32.6 Å². The van der Waals surface area contributed by atoms with Crippen molar-refractivity contribution in [3.05, 3.63) is 82.9 Å². The van der Waals surface area contributed by atoms with Crippen molar-refractivity contribution in [1.29, 1.82) is 0 Å². The standard InChI is InChI=1S/C26H24F2N2O5/c27-19-6-4-17(5-7-19)10-13-29-14-11-18(12-15-29)16-30-25(33)20-2-1-3-21(28)24(20)26(30)34-22(31)8-9-23(32)35-26/h1-9,18H,10-16H2. The Labute approximate surface area is 200 Å². The van der Waals surface area contributed by atoms with Crippen LogP contribution in [0.15, 0.2) is 54.6 Å². The maximum Gasteiger partial charge on any atom is 0.378 e. The molecule has 9 heteroatoms. The monoisotopic (exact) mass is 482 g/mol. The molecule has 3 heterocycles. The number of piperidine rings is 1. The van der Waals surface area contributed by atoms with E-state index in [1.54, 1.807) is 12.1 Å².